The Labute approximate surface area is 66.8 Å². The Morgan fingerprint density at radius 3 is 2.50 bits per heavy atom. The van der Waals surface area contributed by atoms with Gasteiger partial charge in [-0.15, -0.1) is 12.4 Å². The minimum Gasteiger partial charge on any atom is -0.368 e. The van der Waals surface area contributed by atoms with Gasteiger partial charge in [0.25, 0.3) is 0 Å². The van der Waals surface area contributed by atoms with Crippen molar-refractivity contribution in [1.29, 1.82) is 0 Å². The van der Waals surface area contributed by atoms with E-state index in [-0.39, 0.29) is 18.3 Å². The van der Waals surface area contributed by atoms with Crippen molar-refractivity contribution in [3.63, 3.8) is 0 Å². The highest BCUT2D eigenvalue weighted by molar-refractivity contribution is 5.85. The van der Waals surface area contributed by atoms with Crippen molar-refractivity contribution in [1.82, 2.24) is 5.32 Å². The molecule has 0 aliphatic carbocycles. The van der Waals surface area contributed by atoms with Crippen LogP contribution >= 0.6 is 12.4 Å². The summed E-state index contributed by atoms with van der Waals surface area (Å²) in [6.07, 6.45) is 1.93. The van der Waals surface area contributed by atoms with Crippen molar-refractivity contribution in [3.05, 3.63) is 0 Å². The summed E-state index contributed by atoms with van der Waals surface area (Å²) in [5.41, 5.74) is 4.71. The van der Waals surface area contributed by atoms with Gasteiger partial charge in [-0.1, -0.05) is 0 Å². The van der Waals surface area contributed by atoms with Crippen LogP contribution in [0.3, 0.4) is 0 Å². The van der Waals surface area contributed by atoms with Gasteiger partial charge in [-0.25, -0.2) is 0 Å². The number of rotatable bonds is 1. The van der Waals surface area contributed by atoms with E-state index in [9.17, 15) is 4.79 Å². The second-order valence-electron chi connectivity index (χ2n) is 2.73. The van der Waals surface area contributed by atoms with Gasteiger partial charge in [0.1, 0.15) is 0 Å². The average Bonchev–Trinajstić information content (AvgIpc) is 2.16. The number of nitrogens with two attached hydrogens (primary N) is 1. The van der Waals surface area contributed by atoms with Gasteiger partial charge in [-0.3, -0.25) is 4.79 Å². The number of carbonyl (C=O) groups excluding carboxylic acids is 1. The monoisotopic (exact) mass is 164 g/mol. The summed E-state index contributed by atoms with van der Waals surface area (Å²) in [5, 5.41) is 3.06. The number of primary amides is 1. The summed E-state index contributed by atoms with van der Waals surface area (Å²) in [5.74, 6) is -0.236. The van der Waals surface area contributed by atoms with Gasteiger partial charge in [0.2, 0.25) is 5.91 Å². The second kappa shape index (κ2) is 3.21. The Balaban J connectivity index is 0.000000810. The van der Waals surface area contributed by atoms with Gasteiger partial charge in [-0.2, -0.15) is 0 Å². The molecule has 1 aliphatic rings. The Kier molecular flexibility index (Phi) is 3.12. The molecule has 0 aromatic carbocycles. The van der Waals surface area contributed by atoms with Crippen LogP contribution in [0.5, 0.6) is 0 Å². The third kappa shape index (κ3) is 1.61. The van der Waals surface area contributed by atoms with E-state index in [0.29, 0.717) is 0 Å². The quantitative estimate of drug-likeness (QED) is 0.575. The molecule has 1 fully saturated rings. The lowest BCUT2D eigenvalue weighted by Crippen LogP contribution is -2.48. The summed E-state index contributed by atoms with van der Waals surface area (Å²) in [7, 11) is 0. The van der Waals surface area contributed by atoms with Gasteiger partial charge in [0.15, 0.2) is 0 Å². The van der Waals surface area contributed by atoms with Gasteiger partial charge in [-0.05, 0) is 26.3 Å². The van der Waals surface area contributed by atoms with Gasteiger partial charge in [0.05, 0.1) is 5.54 Å². The first-order valence-corrected chi connectivity index (χ1v) is 3.20. The smallest absolute Gasteiger partial charge is 0.237 e. The third-order valence-electron chi connectivity index (χ3n) is 1.91. The maximum atomic E-state index is 10.7. The molecule has 0 bridgehead atoms. The number of carbonyl (C=O) groups is 1. The molecule has 0 aromatic heterocycles. The van der Waals surface area contributed by atoms with Crippen LogP contribution in [-0.2, 0) is 4.79 Å². The fraction of sp³-hybridized carbons (Fsp3) is 0.833. The fourth-order valence-corrected chi connectivity index (χ4v) is 1.10. The van der Waals surface area contributed by atoms with Crippen molar-refractivity contribution in [2.45, 2.75) is 25.3 Å². The van der Waals surface area contributed by atoms with Crippen molar-refractivity contribution < 1.29 is 4.79 Å². The highest BCUT2D eigenvalue weighted by Crippen LogP contribution is 2.16. The molecule has 10 heavy (non-hydrogen) atoms. The van der Waals surface area contributed by atoms with E-state index in [1.54, 1.807) is 0 Å². The lowest BCUT2D eigenvalue weighted by molar-refractivity contribution is -0.123. The zero-order chi connectivity index (χ0) is 6.91. The largest absolute Gasteiger partial charge is 0.368 e. The van der Waals surface area contributed by atoms with Crippen molar-refractivity contribution in [2.75, 3.05) is 6.54 Å². The van der Waals surface area contributed by atoms with E-state index in [0.717, 1.165) is 19.4 Å². The molecule has 1 heterocycles. The van der Waals surface area contributed by atoms with Crippen LogP contribution in [0.15, 0.2) is 0 Å². The minimum absolute atomic E-state index is 0. The molecule has 0 spiro atoms. The zero-order valence-corrected chi connectivity index (χ0v) is 6.83. The molecule has 0 saturated carbocycles. The van der Waals surface area contributed by atoms with Crippen LogP contribution in [0.1, 0.15) is 19.8 Å². The first-order valence-electron chi connectivity index (χ1n) is 3.20. The summed E-state index contributed by atoms with van der Waals surface area (Å²) < 4.78 is 0. The zero-order valence-electron chi connectivity index (χ0n) is 6.02. The van der Waals surface area contributed by atoms with Crippen LogP contribution in [0.4, 0.5) is 0 Å². The number of nitrogens with one attached hydrogen (secondary N) is 1. The van der Waals surface area contributed by atoms with E-state index < -0.39 is 5.54 Å². The minimum atomic E-state index is -0.417. The van der Waals surface area contributed by atoms with Crippen LogP contribution in [-0.4, -0.2) is 18.0 Å². The maximum absolute atomic E-state index is 10.7. The second-order valence-corrected chi connectivity index (χ2v) is 2.73. The van der Waals surface area contributed by atoms with Crippen molar-refractivity contribution in [2.24, 2.45) is 5.73 Å². The molecule has 3 nitrogen and oxygen atoms in total. The molecule has 1 saturated heterocycles. The molecule has 1 amide bonds. The Hall–Kier alpha value is -0.280. The highest BCUT2D eigenvalue weighted by atomic mass is 35.5. The predicted octanol–water partition coefficient (Wildman–Crippen LogP) is 0.0356. The lowest BCUT2D eigenvalue weighted by atomic mass is 10.0. The molecule has 0 unspecified atom stereocenters. The molecule has 1 atom stereocenters. The molecule has 4 heteroatoms. The van der Waals surface area contributed by atoms with E-state index in [2.05, 4.69) is 5.32 Å². The summed E-state index contributed by atoms with van der Waals surface area (Å²) in [4.78, 5) is 10.7. The number of amides is 1. The first-order chi connectivity index (χ1) is 4.15. The Bertz CT molecular complexity index is 132. The van der Waals surface area contributed by atoms with E-state index in [4.69, 9.17) is 5.73 Å². The SMILES string of the molecule is C[C@@]1(C(N)=O)CCCN1.Cl. The summed E-state index contributed by atoms with van der Waals surface area (Å²) in [6.45, 7) is 2.77. The fourth-order valence-electron chi connectivity index (χ4n) is 1.10. The van der Waals surface area contributed by atoms with Crippen LogP contribution in [0, 0.1) is 0 Å². The predicted molar refractivity (Wildman–Crippen MR) is 42.1 cm³/mol. The Morgan fingerprint density at radius 2 is 2.30 bits per heavy atom. The number of halogens is 1. The number of hydrogen-bond donors (Lipinski definition) is 2. The Morgan fingerprint density at radius 1 is 1.70 bits per heavy atom. The molecular weight excluding hydrogens is 152 g/mol. The average molecular weight is 165 g/mol. The van der Waals surface area contributed by atoms with Crippen LogP contribution in [0.2, 0.25) is 0 Å². The van der Waals surface area contributed by atoms with Crippen LogP contribution in [0.25, 0.3) is 0 Å². The molecule has 0 radical (unpaired) electrons. The van der Waals surface area contributed by atoms with E-state index in [1.165, 1.54) is 0 Å². The molecular formula is C6H13ClN2O. The van der Waals surface area contributed by atoms with Gasteiger partial charge >= 0.3 is 0 Å². The molecule has 1 rings (SSSR count). The van der Waals surface area contributed by atoms with Crippen molar-refractivity contribution in [3.8, 4) is 0 Å². The third-order valence-corrected chi connectivity index (χ3v) is 1.91. The normalized spacial score (nSPS) is 31.3. The van der Waals surface area contributed by atoms with Crippen molar-refractivity contribution >= 4 is 18.3 Å². The molecule has 60 valence electrons. The van der Waals surface area contributed by atoms with Crippen LogP contribution < -0.4 is 11.1 Å². The maximum Gasteiger partial charge on any atom is 0.237 e. The standard InChI is InChI=1S/C6H12N2O.ClH/c1-6(5(7)9)3-2-4-8-6;/h8H,2-4H2,1H3,(H2,7,9);1H/t6-;/m0./s1. The summed E-state index contributed by atoms with van der Waals surface area (Å²) >= 11 is 0. The molecule has 3 N–H and O–H groups in total. The van der Waals surface area contributed by atoms with E-state index >= 15 is 0 Å². The highest BCUT2D eigenvalue weighted by Gasteiger charge is 2.33. The van der Waals surface area contributed by atoms with E-state index in [1.807, 2.05) is 6.92 Å². The number of hydrogen-bond acceptors (Lipinski definition) is 2. The summed E-state index contributed by atoms with van der Waals surface area (Å²) in [6, 6.07) is 0. The van der Waals surface area contributed by atoms with Gasteiger partial charge in [0, 0.05) is 0 Å². The lowest BCUT2D eigenvalue weighted by Gasteiger charge is -2.18. The molecule has 1 aliphatic heterocycles. The van der Waals surface area contributed by atoms with Gasteiger partial charge < -0.3 is 11.1 Å². The topological polar surface area (TPSA) is 55.1 Å². The molecule has 0 aromatic rings. The first kappa shape index (κ1) is 9.72.